The van der Waals surface area contributed by atoms with E-state index in [1.54, 1.807) is 19.1 Å². The third-order valence-electron chi connectivity index (χ3n) is 4.85. The predicted molar refractivity (Wildman–Crippen MR) is 104 cm³/mol. The van der Waals surface area contributed by atoms with Gasteiger partial charge in [-0.3, -0.25) is 9.59 Å². The number of rotatable bonds is 2. The van der Waals surface area contributed by atoms with Gasteiger partial charge in [0.1, 0.15) is 17.1 Å². The van der Waals surface area contributed by atoms with Gasteiger partial charge in [-0.2, -0.15) is 0 Å². The lowest BCUT2D eigenvalue weighted by molar-refractivity contribution is 0.0940. The average molecular weight is 360 g/mol. The lowest BCUT2D eigenvalue weighted by Crippen LogP contribution is -2.35. The van der Waals surface area contributed by atoms with Gasteiger partial charge in [-0.05, 0) is 56.2 Å². The smallest absolute Gasteiger partial charge is 0.260 e. The Balaban J connectivity index is 1.80. The summed E-state index contributed by atoms with van der Waals surface area (Å²) in [6, 6.07) is 14.6. The number of benzene rings is 2. The van der Waals surface area contributed by atoms with E-state index in [0.29, 0.717) is 5.69 Å². The molecule has 0 saturated carbocycles. The third-order valence-corrected chi connectivity index (χ3v) is 4.85. The van der Waals surface area contributed by atoms with Crippen molar-refractivity contribution in [1.82, 2.24) is 10.3 Å². The van der Waals surface area contributed by atoms with Gasteiger partial charge in [0, 0.05) is 16.8 Å². The Kier molecular flexibility index (Phi) is 4.07. The molecule has 3 aromatic rings. The molecule has 1 aliphatic rings. The zero-order chi connectivity index (χ0) is 19.1. The quantitative estimate of drug-likeness (QED) is 0.727. The summed E-state index contributed by atoms with van der Waals surface area (Å²) in [5, 5.41) is 3.03. The summed E-state index contributed by atoms with van der Waals surface area (Å²) >= 11 is 0. The van der Waals surface area contributed by atoms with E-state index in [2.05, 4.69) is 10.3 Å². The molecule has 1 unspecified atom stereocenters. The molecule has 5 heteroatoms. The number of aromatic amines is 1. The van der Waals surface area contributed by atoms with Crippen molar-refractivity contribution >= 4 is 5.91 Å². The van der Waals surface area contributed by atoms with E-state index in [1.807, 2.05) is 50.2 Å². The molecule has 1 aliphatic heterocycles. The molecule has 2 heterocycles. The summed E-state index contributed by atoms with van der Waals surface area (Å²) in [5.74, 6) is 1.02. The lowest BCUT2D eigenvalue weighted by atomic mass is 9.90. The van der Waals surface area contributed by atoms with E-state index in [0.717, 1.165) is 33.8 Å². The standard InChI is InChI=1S/C22H20N2O3/c1-12-7-9-15-18(11-12)27-17-6-4-5-13(2)19(17)20(15)24-22(26)16-10-8-14(3)23-21(16)25/h4-11,20H,1-3H3,(H,23,25)(H,24,26). The zero-order valence-electron chi connectivity index (χ0n) is 15.4. The Morgan fingerprint density at radius 2 is 1.85 bits per heavy atom. The van der Waals surface area contributed by atoms with Gasteiger partial charge in [0.2, 0.25) is 0 Å². The third kappa shape index (κ3) is 3.01. The Morgan fingerprint density at radius 3 is 2.63 bits per heavy atom. The van der Waals surface area contributed by atoms with Gasteiger partial charge in [0.25, 0.3) is 11.5 Å². The van der Waals surface area contributed by atoms with Crippen LogP contribution in [0.4, 0.5) is 0 Å². The molecule has 27 heavy (non-hydrogen) atoms. The number of pyridine rings is 1. The van der Waals surface area contributed by atoms with Crippen LogP contribution in [0, 0.1) is 20.8 Å². The van der Waals surface area contributed by atoms with Crippen LogP contribution in [0.1, 0.15) is 44.3 Å². The van der Waals surface area contributed by atoms with Crippen molar-refractivity contribution < 1.29 is 9.53 Å². The van der Waals surface area contributed by atoms with Crippen LogP contribution in [0.15, 0.2) is 53.3 Å². The SMILES string of the molecule is Cc1ccc2c(c1)Oc1cccc(C)c1C2NC(=O)c1ccc(C)[nH]c1=O. The molecule has 0 spiro atoms. The number of carbonyl (C=O) groups excluding carboxylic acids is 1. The first-order valence-corrected chi connectivity index (χ1v) is 8.83. The number of nitrogens with one attached hydrogen (secondary N) is 2. The molecule has 0 fully saturated rings. The number of ether oxygens (including phenoxy) is 1. The molecule has 4 rings (SSSR count). The van der Waals surface area contributed by atoms with Crippen molar-refractivity contribution in [2.75, 3.05) is 0 Å². The van der Waals surface area contributed by atoms with Crippen LogP contribution in [-0.2, 0) is 0 Å². The molecule has 2 N–H and O–H groups in total. The highest BCUT2D eigenvalue weighted by atomic mass is 16.5. The van der Waals surface area contributed by atoms with Crippen molar-refractivity contribution in [3.8, 4) is 11.5 Å². The minimum absolute atomic E-state index is 0.0934. The minimum Gasteiger partial charge on any atom is -0.457 e. The molecule has 5 nitrogen and oxygen atoms in total. The van der Waals surface area contributed by atoms with Gasteiger partial charge >= 0.3 is 0 Å². The molecule has 0 saturated heterocycles. The number of fused-ring (bicyclic) bond motifs is 2. The summed E-state index contributed by atoms with van der Waals surface area (Å²) < 4.78 is 6.08. The van der Waals surface area contributed by atoms with E-state index < -0.39 is 17.5 Å². The fraction of sp³-hybridized carbons (Fsp3) is 0.182. The first kappa shape index (κ1) is 17.1. The summed E-state index contributed by atoms with van der Waals surface area (Å²) in [4.78, 5) is 27.7. The molecule has 0 bridgehead atoms. The highest BCUT2D eigenvalue weighted by Crippen LogP contribution is 2.44. The van der Waals surface area contributed by atoms with E-state index in [-0.39, 0.29) is 5.56 Å². The van der Waals surface area contributed by atoms with Gasteiger partial charge in [-0.1, -0.05) is 24.3 Å². The van der Waals surface area contributed by atoms with E-state index in [9.17, 15) is 9.59 Å². The highest BCUT2D eigenvalue weighted by Gasteiger charge is 2.30. The zero-order valence-corrected chi connectivity index (χ0v) is 15.4. The molecule has 2 aromatic carbocycles. The van der Waals surface area contributed by atoms with Crippen molar-refractivity contribution in [3.63, 3.8) is 0 Å². The number of hydrogen-bond donors (Lipinski definition) is 2. The second kappa shape index (κ2) is 6.43. The Bertz CT molecular complexity index is 1110. The largest absolute Gasteiger partial charge is 0.457 e. The molecule has 0 radical (unpaired) electrons. The predicted octanol–water partition coefficient (Wildman–Crippen LogP) is 3.93. The van der Waals surface area contributed by atoms with Crippen molar-refractivity contribution in [3.05, 3.63) is 92.4 Å². The molecular formula is C22H20N2O3. The second-order valence-electron chi connectivity index (χ2n) is 6.92. The van der Waals surface area contributed by atoms with Crippen LogP contribution in [0.5, 0.6) is 11.5 Å². The van der Waals surface area contributed by atoms with Crippen LogP contribution in [0.25, 0.3) is 0 Å². The molecule has 1 amide bonds. The maximum Gasteiger partial charge on any atom is 0.260 e. The van der Waals surface area contributed by atoms with Gasteiger partial charge in [0.05, 0.1) is 6.04 Å². The van der Waals surface area contributed by atoms with E-state index >= 15 is 0 Å². The van der Waals surface area contributed by atoms with Crippen LogP contribution in [-0.4, -0.2) is 10.9 Å². The number of amides is 1. The van der Waals surface area contributed by atoms with E-state index in [4.69, 9.17) is 4.74 Å². The minimum atomic E-state index is -0.413. The maximum absolute atomic E-state index is 12.9. The molecule has 1 atom stereocenters. The van der Waals surface area contributed by atoms with Gasteiger partial charge in [-0.15, -0.1) is 0 Å². The van der Waals surface area contributed by atoms with Crippen LogP contribution in [0.2, 0.25) is 0 Å². The molecular weight excluding hydrogens is 340 g/mol. The number of aryl methyl sites for hydroxylation is 3. The average Bonchev–Trinajstić information content (AvgIpc) is 2.61. The monoisotopic (exact) mass is 360 g/mol. The molecule has 1 aromatic heterocycles. The second-order valence-corrected chi connectivity index (χ2v) is 6.92. The van der Waals surface area contributed by atoms with Crippen molar-refractivity contribution in [2.45, 2.75) is 26.8 Å². The Labute approximate surface area is 157 Å². The Morgan fingerprint density at radius 1 is 1.04 bits per heavy atom. The van der Waals surface area contributed by atoms with Crippen LogP contribution < -0.4 is 15.6 Å². The van der Waals surface area contributed by atoms with Crippen LogP contribution >= 0.6 is 0 Å². The van der Waals surface area contributed by atoms with Crippen molar-refractivity contribution in [1.29, 1.82) is 0 Å². The number of hydrogen-bond acceptors (Lipinski definition) is 3. The molecule has 0 aliphatic carbocycles. The summed E-state index contributed by atoms with van der Waals surface area (Å²) in [6.45, 7) is 5.76. The van der Waals surface area contributed by atoms with Crippen LogP contribution in [0.3, 0.4) is 0 Å². The summed E-state index contributed by atoms with van der Waals surface area (Å²) in [5.41, 5.74) is 4.28. The number of carbonyl (C=O) groups is 1. The van der Waals surface area contributed by atoms with Crippen molar-refractivity contribution in [2.24, 2.45) is 0 Å². The normalized spacial score (nSPS) is 14.7. The highest BCUT2D eigenvalue weighted by molar-refractivity contribution is 5.94. The van der Waals surface area contributed by atoms with Gasteiger partial charge in [0.15, 0.2) is 0 Å². The topological polar surface area (TPSA) is 71.2 Å². The number of aromatic nitrogens is 1. The van der Waals surface area contributed by atoms with Gasteiger partial charge in [-0.25, -0.2) is 0 Å². The maximum atomic E-state index is 12.9. The summed E-state index contributed by atoms with van der Waals surface area (Å²) in [6.07, 6.45) is 0. The van der Waals surface area contributed by atoms with Gasteiger partial charge < -0.3 is 15.0 Å². The first-order chi connectivity index (χ1) is 12.9. The number of H-pyrrole nitrogens is 1. The first-order valence-electron chi connectivity index (χ1n) is 8.83. The summed E-state index contributed by atoms with van der Waals surface area (Å²) in [7, 11) is 0. The van der Waals surface area contributed by atoms with E-state index in [1.165, 1.54) is 0 Å². The fourth-order valence-electron chi connectivity index (χ4n) is 3.46. The lowest BCUT2D eigenvalue weighted by Gasteiger charge is -2.30. The Hall–Kier alpha value is -3.34. The molecule has 136 valence electrons. The fourth-order valence-corrected chi connectivity index (χ4v) is 3.46.